The monoisotopic (exact) mass is 195 g/mol. The van der Waals surface area contributed by atoms with Gasteiger partial charge in [-0.05, 0) is 6.07 Å². The Kier molecular flexibility index (Phi) is 2.66. The molecule has 4 N–H and O–H groups in total. The smallest absolute Gasteiger partial charge is 0.254 e. The maximum atomic E-state index is 10.9. The second kappa shape index (κ2) is 3.73. The van der Waals surface area contributed by atoms with Gasteiger partial charge in [0.05, 0.1) is 12.7 Å². The van der Waals surface area contributed by atoms with Gasteiger partial charge in [0.2, 0.25) is 11.8 Å². The Hall–Kier alpha value is -2.11. The van der Waals surface area contributed by atoms with Crippen LogP contribution in [0.2, 0.25) is 0 Å². The molecule has 74 valence electrons. The van der Waals surface area contributed by atoms with Crippen molar-refractivity contribution in [1.29, 1.82) is 0 Å². The normalized spacial score (nSPS) is 9.50. The van der Waals surface area contributed by atoms with E-state index in [0.717, 1.165) is 0 Å². The molecule has 0 aliphatic rings. The molecule has 0 fully saturated rings. The highest BCUT2D eigenvalue weighted by molar-refractivity contribution is 5.99. The molecule has 0 unspecified atom stereocenters. The summed E-state index contributed by atoms with van der Waals surface area (Å²) in [4.78, 5) is 25.4. The zero-order valence-corrected chi connectivity index (χ0v) is 7.48. The van der Waals surface area contributed by atoms with Gasteiger partial charge in [0.15, 0.2) is 0 Å². The van der Waals surface area contributed by atoms with Crippen molar-refractivity contribution in [2.75, 3.05) is 7.11 Å². The van der Waals surface area contributed by atoms with Crippen LogP contribution in [0.15, 0.2) is 12.3 Å². The van der Waals surface area contributed by atoms with Crippen molar-refractivity contribution in [3.63, 3.8) is 0 Å². The Morgan fingerprint density at radius 3 is 2.43 bits per heavy atom. The molecule has 1 rings (SSSR count). The first kappa shape index (κ1) is 9.97. The van der Waals surface area contributed by atoms with Crippen LogP contribution in [0.4, 0.5) is 0 Å². The van der Waals surface area contributed by atoms with Gasteiger partial charge < -0.3 is 16.2 Å². The van der Waals surface area contributed by atoms with E-state index >= 15 is 0 Å². The van der Waals surface area contributed by atoms with Gasteiger partial charge >= 0.3 is 0 Å². The third-order valence-corrected chi connectivity index (χ3v) is 1.59. The lowest BCUT2D eigenvalue weighted by Crippen LogP contribution is -2.17. The van der Waals surface area contributed by atoms with Crippen molar-refractivity contribution in [2.24, 2.45) is 11.5 Å². The number of amides is 2. The van der Waals surface area contributed by atoms with Gasteiger partial charge in [0.25, 0.3) is 5.91 Å². The molecule has 6 heteroatoms. The molecule has 6 nitrogen and oxygen atoms in total. The van der Waals surface area contributed by atoms with Crippen molar-refractivity contribution < 1.29 is 14.3 Å². The van der Waals surface area contributed by atoms with Crippen molar-refractivity contribution >= 4 is 11.8 Å². The van der Waals surface area contributed by atoms with Gasteiger partial charge in [0.1, 0.15) is 5.56 Å². The Balaban J connectivity index is 3.27. The molecule has 0 aliphatic heterocycles. The molecule has 0 spiro atoms. The molecular weight excluding hydrogens is 186 g/mol. The number of methoxy groups -OCH3 is 1. The number of aromatic nitrogens is 1. The van der Waals surface area contributed by atoms with Crippen molar-refractivity contribution in [3.05, 3.63) is 23.4 Å². The molecule has 0 aliphatic carbocycles. The molecule has 0 saturated heterocycles. The minimum Gasteiger partial charge on any atom is -0.480 e. The Labute approximate surface area is 79.9 Å². The highest BCUT2D eigenvalue weighted by Gasteiger charge is 2.13. The summed E-state index contributed by atoms with van der Waals surface area (Å²) in [6, 6.07) is 1.25. The van der Waals surface area contributed by atoms with Crippen molar-refractivity contribution in [1.82, 2.24) is 4.98 Å². The van der Waals surface area contributed by atoms with Crippen molar-refractivity contribution in [2.45, 2.75) is 0 Å². The number of carbonyl (C=O) groups is 2. The fourth-order valence-corrected chi connectivity index (χ4v) is 0.926. The number of hydrogen-bond acceptors (Lipinski definition) is 4. The lowest BCUT2D eigenvalue weighted by molar-refractivity contribution is 0.0996. The van der Waals surface area contributed by atoms with Crippen LogP contribution < -0.4 is 16.2 Å². The van der Waals surface area contributed by atoms with E-state index in [9.17, 15) is 9.59 Å². The van der Waals surface area contributed by atoms with E-state index in [1.165, 1.54) is 19.4 Å². The molecule has 14 heavy (non-hydrogen) atoms. The highest BCUT2D eigenvalue weighted by atomic mass is 16.5. The van der Waals surface area contributed by atoms with Crippen LogP contribution in [0, 0.1) is 0 Å². The number of ether oxygens (including phenoxy) is 1. The van der Waals surface area contributed by atoms with E-state index in [-0.39, 0.29) is 17.0 Å². The van der Waals surface area contributed by atoms with Crippen LogP contribution in [0.1, 0.15) is 20.7 Å². The molecule has 0 saturated carbocycles. The third kappa shape index (κ3) is 1.79. The molecule has 1 aromatic heterocycles. The summed E-state index contributed by atoms with van der Waals surface area (Å²) in [5.74, 6) is -1.33. The van der Waals surface area contributed by atoms with E-state index in [1.807, 2.05) is 0 Å². The van der Waals surface area contributed by atoms with Crippen LogP contribution in [0.3, 0.4) is 0 Å². The standard InChI is InChI=1S/C8H9N3O3/c1-14-8-5(7(10)13)2-4(3-11-8)6(9)12/h2-3H,1H3,(H2,9,12)(H2,10,13). The lowest BCUT2D eigenvalue weighted by Gasteiger charge is -2.04. The van der Waals surface area contributed by atoms with E-state index in [4.69, 9.17) is 16.2 Å². The zero-order valence-electron chi connectivity index (χ0n) is 7.48. The third-order valence-electron chi connectivity index (χ3n) is 1.59. The van der Waals surface area contributed by atoms with Gasteiger partial charge in [-0.2, -0.15) is 0 Å². The van der Waals surface area contributed by atoms with E-state index in [0.29, 0.717) is 0 Å². The van der Waals surface area contributed by atoms with Gasteiger partial charge in [-0.25, -0.2) is 4.98 Å². The molecule has 2 amide bonds. The summed E-state index contributed by atoms with van der Waals surface area (Å²) in [5, 5.41) is 0. The number of pyridine rings is 1. The van der Waals surface area contributed by atoms with Crippen molar-refractivity contribution in [3.8, 4) is 5.88 Å². The summed E-state index contributed by atoms with van der Waals surface area (Å²) in [6.07, 6.45) is 1.22. The molecule has 0 atom stereocenters. The van der Waals surface area contributed by atoms with Crippen LogP contribution in [0.5, 0.6) is 5.88 Å². The summed E-state index contributed by atoms with van der Waals surface area (Å²) in [7, 11) is 1.35. The van der Waals surface area contributed by atoms with Crippen LogP contribution in [0.25, 0.3) is 0 Å². The summed E-state index contributed by atoms with van der Waals surface area (Å²) >= 11 is 0. The number of primary amides is 2. The summed E-state index contributed by atoms with van der Waals surface area (Å²) in [6.45, 7) is 0. The fraction of sp³-hybridized carbons (Fsp3) is 0.125. The van der Waals surface area contributed by atoms with Gasteiger partial charge in [-0.1, -0.05) is 0 Å². The van der Waals surface area contributed by atoms with Crippen LogP contribution in [-0.4, -0.2) is 23.9 Å². The molecule has 0 bridgehead atoms. The topological polar surface area (TPSA) is 108 Å². The number of hydrogen-bond donors (Lipinski definition) is 2. The first-order valence-corrected chi connectivity index (χ1v) is 3.70. The Morgan fingerprint density at radius 1 is 1.36 bits per heavy atom. The Bertz CT molecular complexity index is 389. The first-order chi connectivity index (χ1) is 6.56. The average molecular weight is 195 g/mol. The lowest BCUT2D eigenvalue weighted by atomic mass is 10.2. The minimum absolute atomic E-state index is 0.0313. The predicted octanol–water partition coefficient (Wildman–Crippen LogP) is -0.712. The maximum Gasteiger partial charge on any atom is 0.254 e. The Morgan fingerprint density at radius 2 is 2.00 bits per heavy atom. The molecule has 1 heterocycles. The summed E-state index contributed by atoms with van der Waals surface area (Å²) in [5.41, 5.74) is 10.2. The number of nitrogens with two attached hydrogens (primary N) is 2. The van der Waals surface area contributed by atoms with E-state index in [1.54, 1.807) is 0 Å². The zero-order chi connectivity index (χ0) is 10.7. The van der Waals surface area contributed by atoms with E-state index < -0.39 is 11.8 Å². The summed E-state index contributed by atoms with van der Waals surface area (Å²) < 4.78 is 4.78. The molecule has 1 aromatic rings. The van der Waals surface area contributed by atoms with E-state index in [2.05, 4.69) is 4.98 Å². The van der Waals surface area contributed by atoms with Gasteiger partial charge in [-0.15, -0.1) is 0 Å². The average Bonchev–Trinajstić information content (AvgIpc) is 2.16. The van der Waals surface area contributed by atoms with Gasteiger partial charge in [0, 0.05) is 6.20 Å². The van der Waals surface area contributed by atoms with Crippen LogP contribution >= 0.6 is 0 Å². The predicted molar refractivity (Wildman–Crippen MR) is 47.8 cm³/mol. The number of carbonyl (C=O) groups excluding carboxylic acids is 2. The second-order valence-electron chi connectivity index (χ2n) is 2.51. The number of nitrogens with zero attached hydrogens (tertiary/aromatic N) is 1. The van der Waals surface area contributed by atoms with Gasteiger partial charge in [-0.3, -0.25) is 9.59 Å². The first-order valence-electron chi connectivity index (χ1n) is 3.70. The molecular formula is C8H9N3O3. The number of rotatable bonds is 3. The second-order valence-corrected chi connectivity index (χ2v) is 2.51. The molecule has 0 aromatic carbocycles. The SMILES string of the molecule is COc1ncc(C(N)=O)cc1C(N)=O. The quantitative estimate of drug-likeness (QED) is 0.663. The fourth-order valence-electron chi connectivity index (χ4n) is 0.926. The maximum absolute atomic E-state index is 10.9. The highest BCUT2D eigenvalue weighted by Crippen LogP contribution is 2.15. The van der Waals surface area contributed by atoms with Crippen LogP contribution in [-0.2, 0) is 0 Å². The minimum atomic E-state index is -0.725. The largest absolute Gasteiger partial charge is 0.480 e. The molecule has 0 radical (unpaired) electrons.